The van der Waals surface area contributed by atoms with Crippen LogP contribution in [0.3, 0.4) is 0 Å². The third kappa shape index (κ3) is 14.4. The molecule has 2 heterocycles. The Labute approximate surface area is 585 Å². The average Bonchev–Trinajstić information content (AvgIpc) is 0.932. The van der Waals surface area contributed by atoms with Crippen LogP contribution in [0.1, 0.15) is 80.9 Å². The van der Waals surface area contributed by atoms with E-state index in [2.05, 4.69) is 325 Å². The first-order valence-corrected chi connectivity index (χ1v) is 34.8. The van der Waals surface area contributed by atoms with E-state index in [-0.39, 0.29) is 55.9 Å². The van der Waals surface area contributed by atoms with Gasteiger partial charge in [-0.25, -0.2) is 0 Å². The fourth-order valence-electron chi connectivity index (χ4n) is 15.5. The van der Waals surface area contributed by atoms with Crippen molar-refractivity contribution in [3.8, 4) is 11.1 Å². The number of aliphatic hydroxyl groups excluding tert-OH is 2. The zero-order chi connectivity index (χ0) is 64.7. The largest absolute Gasteiger partial charge is 2.00 e. The van der Waals surface area contributed by atoms with Crippen LogP contribution in [0, 0.1) is 18.8 Å². The van der Waals surface area contributed by atoms with E-state index in [0.717, 1.165) is 107 Å². The predicted octanol–water partition coefficient (Wildman–Crippen LogP) is 23.4. The van der Waals surface area contributed by atoms with E-state index >= 15 is 0 Å². The van der Waals surface area contributed by atoms with E-state index < -0.39 is 0 Å². The van der Waals surface area contributed by atoms with Crippen molar-refractivity contribution >= 4 is 95.7 Å². The molecule has 0 bridgehead atoms. The van der Waals surface area contributed by atoms with Crippen LogP contribution in [0.5, 0.6) is 0 Å². The molecule has 0 aromatic heterocycles. The maximum Gasteiger partial charge on any atom is 2.00 e. The Bertz CT molecular complexity index is 4640. The molecule has 2 aliphatic carbocycles. The number of aliphatic hydroxyl groups is 2. The Balaban J connectivity index is 0.000000183. The zero-order valence-corrected chi connectivity index (χ0v) is 58.4. The molecule has 7 nitrogen and oxygen atoms in total. The van der Waals surface area contributed by atoms with Gasteiger partial charge in [-0.1, -0.05) is 269 Å². The molecule has 0 radical (unpaired) electrons. The standard InChI is InChI=1S/C55H48N3O.C34H35N2O.Zn/c59-54-22-10-15-44-26-32-45(56-55(44)54)31-23-39-24-33-47(34-25-39)58(53-21-9-14-43-12-5-7-19-51(43)53)49-37-29-41(30-38-49)40-27-35-48(36-28-40)57(46-16-2-1-3-17-46)52-20-8-13-42-11-4-6-18-50(42)52;1-24-12-20-29(21-13-24)36(32-10-4-7-26-6-2-3-9-31(26)32)30-22-15-25(16-23-30)14-18-28-19-17-27-8-5-11-33(37)34(27)35-28;/h1-9,11-14,16-21,23-25,27-31,33-38,44-45,54-55,59H,10,15,22,26,32H2;2-4,6-7,9-10,12-16,18,20-23,27-28,33-34,37H,5,8,11,17,19H2,1H3;/q2*-1;+2/b31-23+;18-14+;. The van der Waals surface area contributed by atoms with Crippen molar-refractivity contribution < 1.29 is 29.7 Å². The molecule has 4 aliphatic rings. The van der Waals surface area contributed by atoms with Gasteiger partial charge in [-0.2, -0.15) is 0 Å². The second-order valence-electron chi connectivity index (χ2n) is 26.8. The third-order valence-corrected chi connectivity index (χ3v) is 20.5. The first-order chi connectivity index (χ1) is 47.3. The number of rotatable bonds is 14. The van der Waals surface area contributed by atoms with Crippen molar-refractivity contribution in [3.05, 3.63) is 319 Å². The Morgan fingerprint density at radius 1 is 0.320 bits per heavy atom. The van der Waals surface area contributed by atoms with Gasteiger partial charge in [-0.05, 0) is 149 Å². The van der Waals surface area contributed by atoms with Gasteiger partial charge in [0.1, 0.15) is 0 Å². The predicted molar refractivity (Wildman–Crippen MR) is 405 cm³/mol. The Hall–Kier alpha value is -9.24. The first-order valence-electron chi connectivity index (χ1n) is 34.8. The van der Waals surface area contributed by atoms with Gasteiger partial charge >= 0.3 is 19.5 Å². The molecule has 8 atom stereocenters. The number of piperidine rings is 2. The summed E-state index contributed by atoms with van der Waals surface area (Å²) >= 11 is 0. The molecule has 2 aliphatic heterocycles. The number of aryl methyl sites for hydroxylation is 1. The summed E-state index contributed by atoms with van der Waals surface area (Å²) in [4.78, 5) is 7.06. The molecule has 2 N–H and O–H groups in total. The van der Waals surface area contributed by atoms with Gasteiger partial charge in [-0.15, -0.1) is 36.3 Å². The van der Waals surface area contributed by atoms with E-state index in [0.29, 0.717) is 11.8 Å². The summed E-state index contributed by atoms with van der Waals surface area (Å²) in [5, 5.41) is 38.5. The summed E-state index contributed by atoms with van der Waals surface area (Å²) in [6.45, 7) is 2.13. The zero-order valence-electron chi connectivity index (χ0n) is 55.4. The molecule has 8 heteroatoms. The molecule has 2 saturated carbocycles. The number of fused-ring (bicyclic) bond motifs is 5. The quantitative estimate of drug-likeness (QED) is 0.106. The molecular weight excluding hydrogens is 1240 g/mol. The van der Waals surface area contributed by atoms with Crippen LogP contribution in [-0.2, 0) is 19.5 Å². The fraction of sp³-hybridized carbons (Fsp3) is 0.213. The summed E-state index contributed by atoms with van der Waals surface area (Å²) in [5.74, 6) is 1.13. The maximum atomic E-state index is 10.6. The fourth-order valence-corrected chi connectivity index (χ4v) is 15.5. The van der Waals surface area contributed by atoms with E-state index in [4.69, 9.17) is 10.6 Å². The first kappa shape index (κ1) is 65.1. The molecule has 0 amide bonds. The van der Waals surface area contributed by atoms with Crippen LogP contribution < -0.4 is 14.7 Å². The number of benzene rings is 12. The van der Waals surface area contributed by atoms with Gasteiger partial charge in [-0.3, -0.25) is 0 Å². The van der Waals surface area contributed by atoms with Crippen molar-refractivity contribution in [1.29, 1.82) is 0 Å². The molecule has 8 unspecified atom stereocenters. The molecule has 12 aromatic carbocycles. The van der Waals surface area contributed by atoms with Gasteiger partial charge in [0.15, 0.2) is 0 Å². The van der Waals surface area contributed by atoms with Crippen LogP contribution in [0.2, 0.25) is 0 Å². The van der Waals surface area contributed by atoms with Crippen molar-refractivity contribution in [3.63, 3.8) is 0 Å². The molecule has 478 valence electrons. The van der Waals surface area contributed by atoms with E-state index in [1.807, 2.05) is 0 Å². The van der Waals surface area contributed by atoms with Crippen LogP contribution in [0.25, 0.3) is 66.2 Å². The summed E-state index contributed by atoms with van der Waals surface area (Å²) in [7, 11) is 0. The molecule has 0 spiro atoms. The van der Waals surface area contributed by atoms with Crippen molar-refractivity contribution in [2.75, 3.05) is 14.7 Å². The van der Waals surface area contributed by atoms with Gasteiger partial charge in [0.25, 0.3) is 0 Å². The summed E-state index contributed by atoms with van der Waals surface area (Å²) < 4.78 is 0. The summed E-state index contributed by atoms with van der Waals surface area (Å²) in [6.07, 6.45) is 19.3. The minimum absolute atomic E-state index is 0. The second kappa shape index (κ2) is 30.0. The van der Waals surface area contributed by atoms with Crippen LogP contribution in [0.4, 0.5) is 51.2 Å². The smallest absolute Gasteiger partial charge is 0.651 e. The summed E-state index contributed by atoms with van der Waals surface area (Å²) in [6, 6.07) is 101. The minimum Gasteiger partial charge on any atom is -0.651 e. The number of nitrogens with zero attached hydrogens (tertiary/aromatic N) is 5. The normalized spacial score (nSPS) is 20.7. The third-order valence-electron chi connectivity index (χ3n) is 20.5. The van der Waals surface area contributed by atoms with Crippen LogP contribution >= 0.6 is 0 Å². The molecule has 12 aromatic rings. The minimum atomic E-state index is -0.281. The maximum absolute atomic E-state index is 10.6. The van der Waals surface area contributed by atoms with Gasteiger partial charge in [0.05, 0.1) is 17.1 Å². The molecular formula is C89H83N5O2Zn. The molecule has 4 fully saturated rings. The summed E-state index contributed by atoms with van der Waals surface area (Å²) in [5.41, 5.74) is 16.1. The van der Waals surface area contributed by atoms with Gasteiger partial charge in [0, 0.05) is 62.5 Å². The average molecular weight is 1320 g/mol. The number of anilines is 9. The van der Waals surface area contributed by atoms with E-state index in [9.17, 15) is 10.2 Å². The molecule has 16 rings (SSSR count). The Kier molecular flexibility index (Phi) is 20.1. The van der Waals surface area contributed by atoms with E-state index in [1.54, 1.807) is 0 Å². The van der Waals surface area contributed by atoms with Gasteiger partial charge in [0.2, 0.25) is 0 Å². The van der Waals surface area contributed by atoms with Crippen LogP contribution in [-0.4, -0.2) is 46.6 Å². The van der Waals surface area contributed by atoms with Crippen molar-refractivity contribution in [2.45, 2.75) is 108 Å². The Morgan fingerprint density at radius 2 is 0.639 bits per heavy atom. The van der Waals surface area contributed by atoms with Crippen molar-refractivity contribution in [2.24, 2.45) is 11.8 Å². The molecule has 97 heavy (non-hydrogen) atoms. The SMILES string of the molecule is Cc1ccc(N(c2ccc(/C=C/C3CCC4CCCC(O)C4[N-]3)cc2)c2cccc3ccccc23)cc1.OC1CCCC2CCC(/C=C/c3ccc(N(c4ccc(-c5ccc(N(c6ccccc6)c6cccc7ccccc67)cc5)cc4)c4cccc5ccccc45)cc3)[N-]C12.[Zn+2]. The monoisotopic (exact) mass is 1320 g/mol. The van der Waals surface area contributed by atoms with Crippen LogP contribution in [0.15, 0.2) is 291 Å². The second-order valence-corrected chi connectivity index (χ2v) is 26.8. The van der Waals surface area contributed by atoms with E-state index in [1.165, 1.54) is 68.4 Å². The Morgan fingerprint density at radius 3 is 1.02 bits per heavy atom. The molecule has 2 saturated heterocycles. The van der Waals surface area contributed by atoms with Gasteiger partial charge < -0.3 is 35.5 Å². The number of hydrogen-bond donors (Lipinski definition) is 2. The number of hydrogen-bond acceptors (Lipinski definition) is 5. The topological polar surface area (TPSA) is 78.4 Å². The number of para-hydroxylation sites is 1. The van der Waals surface area contributed by atoms with Crippen molar-refractivity contribution in [1.82, 2.24) is 0 Å².